The number of rotatable bonds is 7. The van der Waals surface area contributed by atoms with Crippen LogP contribution in [0.4, 0.5) is 0 Å². The van der Waals surface area contributed by atoms with Crippen molar-refractivity contribution in [3.8, 4) is 6.07 Å². The summed E-state index contributed by atoms with van der Waals surface area (Å²) in [6.07, 6.45) is 2.66. The second-order valence-electron chi connectivity index (χ2n) is 4.02. The van der Waals surface area contributed by atoms with Gasteiger partial charge in [0.15, 0.2) is 0 Å². The maximum absolute atomic E-state index is 8.36. The van der Waals surface area contributed by atoms with Crippen LogP contribution in [0, 0.1) is 25.2 Å². The normalized spacial score (nSPS) is 10.3. The van der Waals surface area contributed by atoms with Gasteiger partial charge < -0.3 is 5.32 Å². The molecule has 0 fully saturated rings. The van der Waals surface area contributed by atoms with Crippen LogP contribution in [0.5, 0.6) is 0 Å². The van der Waals surface area contributed by atoms with Crippen LogP contribution in [0.15, 0.2) is 6.07 Å². The van der Waals surface area contributed by atoms with E-state index in [2.05, 4.69) is 29.5 Å². The molecule has 0 amide bonds. The van der Waals surface area contributed by atoms with E-state index < -0.39 is 0 Å². The maximum atomic E-state index is 8.36. The van der Waals surface area contributed by atoms with E-state index in [0.29, 0.717) is 6.42 Å². The lowest BCUT2D eigenvalue weighted by Gasteiger charge is -2.05. The highest BCUT2D eigenvalue weighted by Crippen LogP contribution is 2.02. The van der Waals surface area contributed by atoms with E-state index in [1.165, 1.54) is 5.69 Å². The first-order valence-electron chi connectivity index (χ1n) is 5.83. The van der Waals surface area contributed by atoms with Crippen LogP contribution in [0.3, 0.4) is 0 Å². The molecule has 4 nitrogen and oxygen atoms in total. The zero-order chi connectivity index (χ0) is 11.8. The molecule has 0 aromatic carbocycles. The summed E-state index contributed by atoms with van der Waals surface area (Å²) in [5.74, 6) is 0. The molecular formula is C12H20N4. The Morgan fingerprint density at radius 1 is 1.38 bits per heavy atom. The predicted octanol–water partition coefficient (Wildman–Crippen LogP) is 1.78. The summed E-state index contributed by atoms with van der Waals surface area (Å²) in [4.78, 5) is 0. The molecule has 0 saturated carbocycles. The summed E-state index contributed by atoms with van der Waals surface area (Å²) in [6, 6.07) is 4.24. The molecule has 1 heterocycles. The number of aryl methyl sites for hydroxylation is 3. The summed E-state index contributed by atoms with van der Waals surface area (Å²) in [6.45, 7) is 6.99. The molecule has 88 valence electrons. The molecule has 0 radical (unpaired) electrons. The molecule has 16 heavy (non-hydrogen) atoms. The molecule has 0 bridgehead atoms. The van der Waals surface area contributed by atoms with E-state index in [4.69, 9.17) is 5.26 Å². The number of nitrogens with zero attached hydrogens (tertiary/aromatic N) is 3. The van der Waals surface area contributed by atoms with Crippen LogP contribution >= 0.6 is 0 Å². The van der Waals surface area contributed by atoms with Crippen molar-refractivity contribution >= 4 is 0 Å². The highest BCUT2D eigenvalue weighted by atomic mass is 15.3. The van der Waals surface area contributed by atoms with Gasteiger partial charge in [0.05, 0.1) is 11.8 Å². The molecule has 0 saturated heterocycles. The number of nitriles is 1. The van der Waals surface area contributed by atoms with Crippen LogP contribution in [-0.2, 0) is 6.54 Å². The maximum Gasteiger partial charge on any atom is 0.0622 e. The summed E-state index contributed by atoms with van der Waals surface area (Å²) >= 11 is 0. The van der Waals surface area contributed by atoms with Crippen LogP contribution in [0.1, 0.15) is 30.7 Å². The van der Waals surface area contributed by atoms with Gasteiger partial charge in [-0.05, 0) is 45.8 Å². The number of unbranched alkanes of at least 4 members (excludes halogenated alkanes) is 1. The van der Waals surface area contributed by atoms with Gasteiger partial charge in [0, 0.05) is 18.7 Å². The van der Waals surface area contributed by atoms with Crippen molar-refractivity contribution in [2.24, 2.45) is 0 Å². The molecule has 1 rings (SSSR count). The van der Waals surface area contributed by atoms with Gasteiger partial charge in [0.25, 0.3) is 0 Å². The molecule has 0 unspecified atom stereocenters. The van der Waals surface area contributed by atoms with Gasteiger partial charge in [0.1, 0.15) is 0 Å². The molecule has 4 heteroatoms. The quantitative estimate of drug-likeness (QED) is 0.713. The fraction of sp³-hybridized carbons (Fsp3) is 0.667. The van der Waals surface area contributed by atoms with E-state index in [-0.39, 0.29) is 0 Å². The average molecular weight is 220 g/mol. The topological polar surface area (TPSA) is 53.6 Å². The smallest absolute Gasteiger partial charge is 0.0622 e. The Labute approximate surface area is 97.3 Å². The van der Waals surface area contributed by atoms with Crippen molar-refractivity contribution in [3.63, 3.8) is 0 Å². The van der Waals surface area contributed by atoms with Gasteiger partial charge >= 0.3 is 0 Å². The molecule has 0 aliphatic rings. The Balaban J connectivity index is 2.08. The highest BCUT2D eigenvalue weighted by Gasteiger charge is 1.99. The monoisotopic (exact) mass is 220 g/mol. The van der Waals surface area contributed by atoms with Crippen molar-refractivity contribution in [1.29, 1.82) is 5.26 Å². The van der Waals surface area contributed by atoms with Crippen LogP contribution < -0.4 is 5.32 Å². The Kier molecular flexibility index (Phi) is 5.58. The van der Waals surface area contributed by atoms with Gasteiger partial charge in [-0.1, -0.05) is 0 Å². The van der Waals surface area contributed by atoms with Crippen molar-refractivity contribution in [1.82, 2.24) is 15.1 Å². The summed E-state index contributed by atoms with van der Waals surface area (Å²) in [7, 11) is 0. The minimum atomic E-state index is 0.643. The molecule has 1 aromatic rings. The van der Waals surface area contributed by atoms with E-state index in [0.717, 1.165) is 38.2 Å². The molecule has 0 aliphatic heterocycles. The minimum Gasteiger partial charge on any atom is -0.317 e. The SMILES string of the molecule is Cc1cc(C)n(CCCNCCCC#N)n1. The second kappa shape index (κ2) is 7.02. The van der Waals surface area contributed by atoms with Crippen molar-refractivity contribution in [3.05, 3.63) is 17.5 Å². The Morgan fingerprint density at radius 2 is 2.12 bits per heavy atom. The fourth-order valence-electron chi connectivity index (χ4n) is 1.67. The predicted molar refractivity (Wildman–Crippen MR) is 64.0 cm³/mol. The van der Waals surface area contributed by atoms with Crippen LogP contribution in [0.2, 0.25) is 0 Å². The molecular weight excluding hydrogens is 200 g/mol. The molecule has 1 aromatic heterocycles. The molecule has 0 aliphatic carbocycles. The first-order valence-corrected chi connectivity index (χ1v) is 5.83. The van der Waals surface area contributed by atoms with E-state index in [1.807, 2.05) is 11.6 Å². The van der Waals surface area contributed by atoms with Crippen LogP contribution in [0.25, 0.3) is 0 Å². The Bertz CT molecular complexity index is 348. The van der Waals surface area contributed by atoms with Crippen molar-refractivity contribution in [2.45, 2.75) is 39.7 Å². The lowest BCUT2D eigenvalue weighted by molar-refractivity contribution is 0.529. The highest BCUT2D eigenvalue weighted by molar-refractivity contribution is 5.06. The van der Waals surface area contributed by atoms with Gasteiger partial charge in [-0.2, -0.15) is 10.4 Å². The zero-order valence-corrected chi connectivity index (χ0v) is 10.2. The molecule has 0 atom stereocenters. The third-order valence-corrected chi connectivity index (χ3v) is 2.47. The minimum absolute atomic E-state index is 0.643. The van der Waals surface area contributed by atoms with E-state index >= 15 is 0 Å². The molecule has 1 N–H and O–H groups in total. The van der Waals surface area contributed by atoms with Crippen LogP contribution in [-0.4, -0.2) is 22.9 Å². The van der Waals surface area contributed by atoms with E-state index in [1.54, 1.807) is 0 Å². The summed E-state index contributed by atoms with van der Waals surface area (Å²) in [5.41, 5.74) is 2.31. The van der Waals surface area contributed by atoms with Gasteiger partial charge in [-0.15, -0.1) is 0 Å². The largest absolute Gasteiger partial charge is 0.317 e. The number of hydrogen-bond donors (Lipinski definition) is 1. The van der Waals surface area contributed by atoms with Gasteiger partial charge in [-0.3, -0.25) is 4.68 Å². The third-order valence-electron chi connectivity index (χ3n) is 2.47. The average Bonchev–Trinajstić information content (AvgIpc) is 2.56. The Morgan fingerprint density at radius 3 is 2.75 bits per heavy atom. The van der Waals surface area contributed by atoms with Gasteiger partial charge in [0.2, 0.25) is 0 Å². The third kappa shape index (κ3) is 4.45. The lowest BCUT2D eigenvalue weighted by atomic mass is 10.3. The van der Waals surface area contributed by atoms with Gasteiger partial charge in [-0.25, -0.2) is 0 Å². The first kappa shape index (κ1) is 12.7. The van der Waals surface area contributed by atoms with Crippen molar-refractivity contribution < 1.29 is 0 Å². The standard InChI is InChI=1S/C12H20N4/c1-11-10-12(2)16(15-11)9-5-8-14-7-4-3-6-13/h10,14H,3-5,7-9H2,1-2H3. The summed E-state index contributed by atoms with van der Waals surface area (Å²) < 4.78 is 2.05. The number of nitrogens with one attached hydrogen (secondary N) is 1. The summed E-state index contributed by atoms with van der Waals surface area (Å²) in [5, 5.41) is 16.1. The molecule has 0 spiro atoms. The lowest BCUT2D eigenvalue weighted by Crippen LogP contribution is -2.18. The second-order valence-corrected chi connectivity index (χ2v) is 4.02. The van der Waals surface area contributed by atoms with Crippen molar-refractivity contribution in [2.75, 3.05) is 13.1 Å². The first-order chi connectivity index (χ1) is 7.74. The number of hydrogen-bond acceptors (Lipinski definition) is 3. The zero-order valence-electron chi connectivity index (χ0n) is 10.2. The fourth-order valence-corrected chi connectivity index (χ4v) is 1.67. The van der Waals surface area contributed by atoms with E-state index in [9.17, 15) is 0 Å². The number of aromatic nitrogens is 2. The Hall–Kier alpha value is -1.34.